The second-order valence-corrected chi connectivity index (χ2v) is 11.0. The highest BCUT2D eigenvalue weighted by atomic mass is 32.2. The third-order valence-electron chi connectivity index (χ3n) is 4.20. The van der Waals surface area contributed by atoms with Crippen molar-refractivity contribution >= 4 is 49.4 Å². The molecule has 0 saturated heterocycles. The maximum Gasteiger partial charge on any atom is 0.284 e. The summed E-state index contributed by atoms with van der Waals surface area (Å²) in [6.07, 6.45) is 0.922. The first-order valence-electron chi connectivity index (χ1n) is 9.29. The SMILES string of the molecule is Cc1sc(N(Cc2csc(C(C)C)n2)c2ccc(C#N)cc2)nc1C(=O)NS(C)(=O)=O. The van der Waals surface area contributed by atoms with Gasteiger partial charge in [0.05, 0.1) is 35.1 Å². The molecule has 11 heteroatoms. The molecule has 162 valence electrons. The molecule has 1 aromatic carbocycles. The van der Waals surface area contributed by atoms with E-state index in [4.69, 9.17) is 5.26 Å². The number of nitrogens with one attached hydrogen (secondary N) is 1. The van der Waals surface area contributed by atoms with Gasteiger partial charge in [-0.3, -0.25) is 4.79 Å². The van der Waals surface area contributed by atoms with Crippen LogP contribution in [0.3, 0.4) is 0 Å². The Kier molecular flexibility index (Phi) is 6.74. The number of aromatic nitrogens is 2. The number of sulfonamides is 1. The number of hydrogen-bond donors (Lipinski definition) is 1. The molecule has 0 unspecified atom stereocenters. The molecule has 3 aromatic rings. The van der Waals surface area contributed by atoms with Crippen LogP contribution in [0.2, 0.25) is 0 Å². The quantitative estimate of drug-likeness (QED) is 0.550. The second-order valence-electron chi connectivity index (χ2n) is 7.18. The van der Waals surface area contributed by atoms with Crippen LogP contribution < -0.4 is 9.62 Å². The molecule has 0 bridgehead atoms. The number of amides is 1. The van der Waals surface area contributed by atoms with Gasteiger partial charge in [0, 0.05) is 21.9 Å². The van der Waals surface area contributed by atoms with Crippen LogP contribution in [-0.2, 0) is 16.6 Å². The highest BCUT2D eigenvalue weighted by Crippen LogP contribution is 2.34. The molecule has 3 rings (SSSR count). The van der Waals surface area contributed by atoms with Gasteiger partial charge in [0.1, 0.15) is 5.69 Å². The third-order valence-corrected chi connectivity index (χ3v) is 6.95. The van der Waals surface area contributed by atoms with Crippen molar-refractivity contribution in [2.45, 2.75) is 33.2 Å². The first-order chi connectivity index (χ1) is 14.6. The number of carbonyl (C=O) groups excluding carboxylic acids is 1. The lowest BCUT2D eigenvalue weighted by atomic mass is 10.2. The number of thiazole rings is 2. The highest BCUT2D eigenvalue weighted by Gasteiger charge is 2.23. The fourth-order valence-electron chi connectivity index (χ4n) is 2.73. The van der Waals surface area contributed by atoms with Crippen molar-refractivity contribution in [1.29, 1.82) is 5.26 Å². The van der Waals surface area contributed by atoms with Gasteiger partial charge in [-0.1, -0.05) is 13.8 Å². The van der Waals surface area contributed by atoms with E-state index in [9.17, 15) is 13.2 Å². The standard InChI is InChI=1S/C20H21N5O3S3/c1-12(2)19-22-15(11-29-19)10-25(16-7-5-14(9-21)6-8-16)20-23-17(13(3)30-20)18(26)24-31(4,27)28/h5-8,11-12H,10H2,1-4H3,(H,24,26). The van der Waals surface area contributed by atoms with E-state index in [1.54, 1.807) is 42.5 Å². The monoisotopic (exact) mass is 475 g/mol. The van der Waals surface area contributed by atoms with Crippen LogP contribution in [-0.4, -0.2) is 30.5 Å². The van der Waals surface area contributed by atoms with Crippen LogP contribution in [0.1, 0.15) is 51.4 Å². The summed E-state index contributed by atoms with van der Waals surface area (Å²) in [6, 6.07) is 9.13. The first kappa shape index (κ1) is 22.9. The molecule has 0 atom stereocenters. The van der Waals surface area contributed by atoms with Crippen LogP contribution in [0.25, 0.3) is 0 Å². The molecular weight excluding hydrogens is 454 g/mol. The summed E-state index contributed by atoms with van der Waals surface area (Å²) in [6.45, 7) is 6.29. The topological polar surface area (TPSA) is 116 Å². The highest BCUT2D eigenvalue weighted by molar-refractivity contribution is 7.89. The Morgan fingerprint density at radius 3 is 2.48 bits per heavy atom. The Balaban J connectivity index is 2.00. The van der Waals surface area contributed by atoms with E-state index in [-0.39, 0.29) is 5.69 Å². The van der Waals surface area contributed by atoms with Gasteiger partial charge in [-0.25, -0.2) is 23.1 Å². The number of carbonyl (C=O) groups is 1. The molecule has 0 radical (unpaired) electrons. The van der Waals surface area contributed by atoms with Gasteiger partial charge in [-0.2, -0.15) is 5.26 Å². The molecule has 0 spiro atoms. The van der Waals surface area contributed by atoms with E-state index in [0.717, 1.165) is 22.6 Å². The van der Waals surface area contributed by atoms with Crippen molar-refractivity contribution in [2.75, 3.05) is 11.2 Å². The first-order valence-corrected chi connectivity index (χ1v) is 12.9. The lowest BCUT2D eigenvalue weighted by molar-refractivity contribution is 0.0977. The fraction of sp³-hybridized carbons (Fsp3) is 0.300. The Labute approximate surface area is 189 Å². The Hall–Kier alpha value is -2.81. The largest absolute Gasteiger partial charge is 0.312 e. The van der Waals surface area contributed by atoms with Gasteiger partial charge < -0.3 is 4.90 Å². The zero-order valence-electron chi connectivity index (χ0n) is 17.4. The molecular formula is C20H21N5O3S3. The number of hydrogen-bond acceptors (Lipinski definition) is 9. The minimum atomic E-state index is -3.70. The maximum absolute atomic E-state index is 12.4. The molecule has 0 aliphatic carbocycles. The molecule has 2 heterocycles. The molecule has 0 aliphatic heterocycles. The smallest absolute Gasteiger partial charge is 0.284 e. The van der Waals surface area contributed by atoms with Crippen LogP contribution in [0, 0.1) is 18.3 Å². The molecule has 1 amide bonds. The predicted octanol–water partition coefficient (Wildman–Crippen LogP) is 3.93. The van der Waals surface area contributed by atoms with E-state index in [2.05, 4.69) is 29.9 Å². The van der Waals surface area contributed by atoms with Crippen molar-refractivity contribution in [3.05, 3.63) is 56.5 Å². The van der Waals surface area contributed by atoms with Crippen molar-refractivity contribution in [3.63, 3.8) is 0 Å². The molecule has 8 nitrogen and oxygen atoms in total. The van der Waals surface area contributed by atoms with Crippen molar-refractivity contribution in [1.82, 2.24) is 14.7 Å². The van der Waals surface area contributed by atoms with Gasteiger partial charge in [0.2, 0.25) is 10.0 Å². The normalized spacial score (nSPS) is 11.4. The second kappa shape index (κ2) is 9.13. The Morgan fingerprint density at radius 1 is 1.26 bits per heavy atom. The Morgan fingerprint density at radius 2 is 1.94 bits per heavy atom. The number of benzene rings is 1. The number of anilines is 2. The lowest BCUT2D eigenvalue weighted by Gasteiger charge is -2.21. The number of nitriles is 1. The minimum Gasteiger partial charge on any atom is -0.312 e. The lowest BCUT2D eigenvalue weighted by Crippen LogP contribution is -2.30. The van der Waals surface area contributed by atoms with Gasteiger partial charge >= 0.3 is 0 Å². The van der Waals surface area contributed by atoms with E-state index in [1.807, 2.05) is 15.0 Å². The predicted molar refractivity (Wildman–Crippen MR) is 122 cm³/mol. The van der Waals surface area contributed by atoms with Gasteiger partial charge in [0.15, 0.2) is 5.13 Å². The third kappa shape index (κ3) is 5.66. The number of nitrogens with zero attached hydrogens (tertiary/aromatic N) is 4. The molecule has 2 aromatic heterocycles. The van der Waals surface area contributed by atoms with Crippen molar-refractivity contribution in [2.24, 2.45) is 0 Å². The van der Waals surface area contributed by atoms with E-state index in [0.29, 0.717) is 28.0 Å². The fourth-order valence-corrected chi connectivity index (χ4v) is 4.92. The van der Waals surface area contributed by atoms with E-state index < -0.39 is 15.9 Å². The number of aryl methyl sites for hydroxylation is 1. The van der Waals surface area contributed by atoms with Crippen LogP contribution >= 0.6 is 22.7 Å². The summed E-state index contributed by atoms with van der Waals surface area (Å²) in [7, 11) is -3.70. The molecule has 0 fully saturated rings. The number of rotatable bonds is 7. The van der Waals surface area contributed by atoms with Gasteiger partial charge in [-0.15, -0.1) is 22.7 Å². The Bertz CT molecular complexity index is 1240. The van der Waals surface area contributed by atoms with E-state index in [1.165, 1.54) is 11.3 Å². The summed E-state index contributed by atoms with van der Waals surface area (Å²) < 4.78 is 24.9. The van der Waals surface area contributed by atoms with Gasteiger partial charge in [0.25, 0.3) is 5.91 Å². The van der Waals surface area contributed by atoms with Crippen LogP contribution in [0.4, 0.5) is 10.8 Å². The molecule has 0 aliphatic rings. The minimum absolute atomic E-state index is 0.0604. The van der Waals surface area contributed by atoms with Crippen molar-refractivity contribution < 1.29 is 13.2 Å². The summed E-state index contributed by atoms with van der Waals surface area (Å²) in [4.78, 5) is 24.0. The van der Waals surface area contributed by atoms with Crippen molar-refractivity contribution in [3.8, 4) is 6.07 Å². The summed E-state index contributed by atoms with van der Waals surface area (Å²) >= 11 is 2.87. The molecule has 1 N–H and O–H groups in total. The van der Waals surface area contributed by atoms with Gasteiger partial charge in [-0.05, 0) is 31.2 Å². The average molecular weight is 476 g/mol. The van der Waals surface area contributed by atoms with E-state index >= 15 is 0 Å². The van der Waals surface area contributed by atoms with Crippen LogP contribution in [0.15, 0.2) is 29.6 Å². The zero-order valence-corrected chi connectivity index (χ0v) is 19.9. The van der Waals surface area contributed by atoms with Crippen LogP contribution in [0.5, 0.6) is 0 Å². The zero-order chi connectivity index (χ0) is 22.8. The average Bonchev–Trinajstić information content (AvgIpc) is 3.31. The summed E-state index contributed by atoms with van der Waals surface area (Å²) in [5, 5.41) is 12.6. The summed E-state index contributed by atoms with van der Waals surface area (Å²) in [5.74, 6) is -0.450. The molecule has 31 heavy (non-hydrogen) atoms. The maximum atomic E-state index is 12.4. The summed E-state index contributed by atoms with van der Waals surface area (Å²) in [5.41, 5.74) is 2.23. The molecule has 0 saturated carbocycles.